The van der Waals surface area contributed by atoms with Gasteiger partial charge in [0.15, 0.2) is 0 Å². The number of ketones is 1. The van der Waals surface area contributed by atoms with Crippen LogP contribution in [0.5, 0.6) is 0 Å². The van der Waals surface area contributed by atoms with Crippen LogP contribution in [0.1, 0.15) is 35.1 Å². The summed E-state index contributed by atoms with van der Waals surface area (Å²) in [4.78, 5) is 27.6. The molecule has 4 nitrogen and oxygen atoms in total. The maximum Gasteiger partial charge on any atom is 0.216 e. The zero-order valence-electron chi connectivity index (χ0n) is 16.5. The van der Waals surface area contributed by atoms with E-state index in [1.807, 2.05) is 30.6 Å². The van der Waals surface area contributed by atoms with Gasteiger partial charge in [-0.15, -0.1) is 0 Å². The van der Waals surface area contributed by atoms with Gasteiger partial charge in [0.05, 0.1) is 0 Å². The summed E-state index contributed by atoms with van der Waals surface area (Å²) in [5, 5.41) is 2.95. The molecule has 0 fully saturated rings. The topological polar surface area (TPSA) is 59.1 Å². The Morgan fingerprint density at radius 2 is 1.79 bits per heavy atom. The third kappa shape index (κ3) is 4.60. The predicted octanol–water partition coefficient (Wildman–Crippen LogP) is 3.88. The van der Waals surface area contributed by atoms with E-state index in [1.54, 1.807) is 6.92 Å². The molecule has 0 saturated carbocycles. The fourth-order valence-electron chi connectivity index (χ4n) is 3.97. The average molecular weight is 384 g/mol. The lowest BCUT2D eigenvalue weighted by Gasteiger charge is -2.18. The lowest BCUT2D eigenvalue weighted by Crippen LogP contribution is -2.27. The van der Waals surface area contributed by atoms with Crippen molar-refractivity contribution in [3.05, 3.63) is 89.2 Å². The molecule has 1 N–H and O–H groups in total. The second-order valence-corrected chi connectivity index (χ2v) is 7.71. The maximum atomic E-state index is 11.7. The highest BCUT2D eigenvalue weighted by Gasteiger charge is 2.19. The first-order valence-corrected chi connectivity index (χ1v) is 9.95. The van der Waals surface area contributed by atoms with Crippen LogP contribution in [0.4, 0.5) is 0 Å². The van der Waals surface area contributed by atoms with Gasteiger partial charge >= 0.3 is 0 Å². The van der Waals surface area contributed by atoms with E-state index in [-0.39, 0.29) is 17.6 Å². The molecule has 146 valence electrons. The Balaban J connectivity index is 1.58. The molecule has 2 aromatic carbocycles. The van der Waals surface area contributed by atoms with Gasteiger partial charge in [-0.3, -0.25) is 14.6 Å². The SMILES string of the molecule is CC(=O)NC[C@H](Cc1cncc(-c2ccc3c(c2)CC(=O)C3)c1)c1ccccc1. The van der Waals surface area contributed by atoms with Gasteiger partial charge in [0, 0.05) is 50.2 Å². The molecule has 29 heavy (non-hydrogen) atoms. The molecule has 0 aliphatic heterocycles. The molecule has 4 heteroatoms. The Morgan fingerprint density at radius 1 is 1.00 bits per heavy atom. The van der Waals surface area contributed by atoms with Crippen molar-refractivity contribution in [2.45, 2.75) is 32.1 Å². The van der Waals surface area contributed by atoms with Crippen LogP contribution >= 0.6 is 0 Å². The summed E-state index contributed by atoms with van der Waals surface area (Å²) in [5.74, 6) is 0.438. The molecule has 1 aliphatic rings. The Hall–Kier alpha value is -3.27. The second-order valence-electron chi connectivity index (χ2n) is 7.71. The van der Waals surface area contributed by atoms with Gasteiger partial charge in [-0.1, -0.05) is 48.5 Å². The van der Waals surface area contributed by atoms with E-state index in [4.69, 9.17) is 0 Å². The van der Waals surface area contributed by atoms with E-state index in [9.17, 15) is 9.59 Å². The first kappa shape index (κ1) is 19.1. The number of aromatic nitrogens is 1. The summed E-state index contributed by atoms with van der Waals surface area (Å²) in [6, 6.07) is 18.7. The molecule has 1 aromatic heterocycles. The van der Waals surface area contributed by atoms with Crippen molar-refractivity contribution >= 4 is 11.7 Å². The Kier molecular flexibility index (Phi) is 5.52. The van der Waals surface area contributed by atoms with Crippen LogP contribution in [-0.4, -0.2) is 23.2 Å². The van der Waals surface area contributed by atoms with Crippen LogP contribution in [-0.2, 0) is 28.9 Å². The van der Waals surface area contributed by atoms with Gasteiger partial charge in [0.2, 0.25) is 5.91 Å². The molecule has 4 rings (SSSR count). The van der Waals surface area contributed by atoms with E-state index in [2.05, 4.69) is 46.7 Å². The lowest BCUT2D eigenvalue weighted by atomic mass is 9.91. The largest absolute Gasteiger partial charge is 0.356 e. The zero-order chi connectivity index (χ0) is 20.2. The molecular weight excluding hydrogens is 360 g/mol. The number of hydrogen-bond donors (Lipinski definition) is 1. The molecule has 3 aromatic rings. The van der Waals surface area contributed by atoms with Crippen LogP contribution in [0.3, 0.4) is 0 Å². The number of Topliss-reactive ketones (excluding diaryl/α,β-unsaturated/α-hetero) is 1. The van der Waals surface area contributed by atoms with Gasteiger partial charge in [-0.05, 0) is 40.3 Å². The number of carbonyl (C=O) groups excluding carboxylic acids is 2. The van der Waals surface area contributed by atoms with Crippen LogP contribution in [0.25, 0.3) is 11.1 Å². The van der Waals surface area contributed by atoms with Crippen LogP contribution in [0.15, 0.2) is 67.0 Å². The third-order valence-electron chi connectivity index (χ3n) is 5.46. The number of pyridine rings is 1. The summed E-state index contributed by atoms with van der Waals surface area (Å²) in [7, 11) is 0. The summed E-state index contributed by atoms with van der Waals surface area (Å²) >= 11 is 0. The minimum atomic E-state index is -0.0227. The molecule has 1 heterocycles. The minimum Gasteiger partial charge on any atom is -0.356 e. The predicted molar refractivity (Wildman–Crippen MR) is 114 cm³/mol. The molecule has 1 amide bonds. The summed E-state index contributed by atoms with van der Waals surface area (Å²) in [5.41, 5.74) is 6.73. The van der Waals surface area contributed by atoms with Crippen molar-refractivity contribution < 1.29 is 9.59 Å². The molecule has 0 unspecified atom stereocenters. The van der Waals surface area contributed by atoms with Gasteiger partial charge in [0.1, 0.15) is 5.78 Å². The van der Waals surface area contributed by atoms with Gasteiger partial charge in [-0.25, -0.2) is 0 Å². The van der Waals surface area contributed by atoms with E-state index in [0.29, 0.717) is 19.4 Å². The number of rotatable bonds is 6. The Morgan fingerprint density at radius 3 is 2.59 bits per heavy atom. The van der Waals surface area contributed by atoms with Crippen molar-refractivity contribution in [1.29, 1.82) is 0 Å². The number of nitrogens with one attached hydrogen (secondary N) is 1. The van der Waals surface area contributed by atoms with Gasteiger partial charge < -0.3 is 5.32 Å². The lowest BCUT2D eigenvalue weighted by molar-refractivity contribution is -0.119. The fraction of sp³-hybridized carbons (Fsp3) is 0.240. The van der Waals surface area contributed by atoms with Crippen LogP contribution in [0, 0.1) is 0 Å². The first-order chi connectivity index (χ1) is 14.1. The normalized spacial score (nSPS) is 13.8. The highest BCUT2D eigenvalue weighted by Crippen LogP contribution is 2.28. The van der Waals surface area contributed by atoms with E-state index in [0.717, 1.165) is 34.2 Å². The standard InChI is InChI=1S/C25H24N2O2/c1-17(28)27-16-24(19-5-3-2-4-6-19)10-18-9-23(15-26-14-18)20-7-8-21-12-25(29)13-22(21)11-20/h2-9,11,14-15,24H,10,12-13,16H2,1H3,(H,27,28)/t24-/m0/s1. The second kappa shape index (κ2) is 8.39. The monoisotopic (exact) mass is 384 g/mol. The highest BCUT2D eigenvalue weighted by molar-refractivity contribution is 5.88. The Labute approximate surface area is 171 Å². The first-order valence-electron chi connectivity index (χ1n) is 9.95. The molecule has 0 spiro atoms. The van der Waals surface area contributed by atoms with E-state index >= 15 is 0 Å². The van der Waals surface area contributed by atoms with Crippen molar-refractivity contribution in [2.75, 3.05) is 6.54 Å². The average Bonchev–Trinajstić information content (AvgIpc) is 3.11. The fourth-order valence-corrected chi connectivity index (χ4v) is 3.97. The summed E-state index contributed by atoms with van der Waals surface area (Å²) in [6.07, 6.45) is 5.63. The van der Waals surface area contributed by atoms with Gasteiger partial charge in [-0.2, -0.15) is 0 Å². The molecule has 1 atom stereocenters. The van der Waals surface area contributed by atoms with Crippen LogP contribution in [0.2, 0.25) is 0 Å². The summed E-state index contributed by atoms with van der Waals surface area (Å²) in [6.45, 7) is 2.13. The number of hydrogen-bond acceptors (Lipinski definition) is 3. The highest BCUT2D eigenvalue weighted by atomic mass is 16.1. The minimum absolute atomic E-state index is 0.0227. The molecule has 0 radical (unpaired) electrons. The van der Waals surface area contributed by atoms with Crippen LogP contribution < -0.4 is 5.32 Å². The number of carbonyl (C=O) groups is 2. The zero-order valence-corrected chi connectivity index (χ0v) is 16.5. The van der Waals surface area contributed by atoms with E-state index in [1.165, 1.54) is 5.56 Å². The van der Waals surface area contributed by atoms with Crippen molar-refractivity contribution in [2.24, 2.45) is 0 Å². The molecule has 0 saturated heterocycles. The van der Waals surface area contributed by atoms with E-state index < -0.39 is 0 Å². The number of fused-ring (bicyclic) bond motifs is 1. The molecule has 0 bridgehead atoms. The van der Waals surface area contributed by atoms with Crippen molar-refractivity contribution in [1.82, 2.24) is 10.3 Å². The number of nitrogens with zero attached hydrogens (tertiary/aromatic N) is 1. The van der Waals surface area contributed by atoms with Crippen molar-refractivity contribution in [3.8, 4) is 11.1 Å². The smallest absolute Gasteiger partial charge is 0.216 e. The molecular formula is C25H24N2O2. The number of benzene rings is 2. The van der Waals surface area contributed by atoms with Gasteiger partial charge in [0.25, 0.3) is 0 Å². The molecule has 1 aliphatic carbocycles. The number of amides is 1. The quantitative estimate of drug-likeness (QED) is 0.702. The summed E-state index contributed by atoms with van der Waals surface area (Å²) < 4.78 is 0. The Bertz CT molecular complexity index is 1040. The third-order valence-corrected chi connectivity index (χ3v) is 5.46. The maximum absolute atomic E-state index is 11.7. The van der Waals surface area contributed by atoms with Crippen molar-refractivity contribution in [3.63, 3.8) is 0 Å².